The lowest BCUT2D eigenvalue weighted by Gasteiger charge is -2.37. The minimum absolute atomic E-state index is 0.0409. The van der Waals surface area contributed by atoms with Gasteiger partial charge in [0.15, 0.2) is 0 Å². The Morgan fingerprint density at radius 2 is 2.18 bits per heavy atom. The Morgan fingerprint density at radius 1 is 1.64 bits per heavy atom. The highest BCUT2D eigenvalue weighted by Crippen LogP contribution is 2.44. The normalized spacial score (nSPS) is 25.3. The van der Waals surface area contributed by atoms with E-state index < -0.39 is 12.0 Å². The summed E-state index contributed by atoms with van der Waals surface area (Å²) in [4.78, 5) is 0. The third kappa shape index (κ3) is 1.87. The fourth-order valence-corrected chi connectivity index (χ4v) is 1.24. The van der Waals surface area contributed by atoms with Gasteiger partial charge in [-0.3, -0.25) is 0 Å². The van der Waals surface area contributed by atoms with Crippen molar-refractivity contribution in [3.05, 3.63) is 0 Å². The van der Waals surface area contributed by atoms with E-state index in [0.717, 1.165) is 0 Å². The van der Waals surface area contributed by atoms with Gasteiger partial charge in [0.1, 0.15) is 0 Å². The maximum atomic E-state index is 12.2. The zero-order valence-corrected chi connectivity index (χ0v) is 5.93. The maximum absolute atomic E-state index is 12.2. The van der Waals surface area contributed by atoms with Crippen LogP contribution < -0.4 is 0 Å². The summed E-state index contributed by atoms with van der Waals surface area (Å²) in [5.41, 5.74) is 0. The molecule has 0 radical (unpaired) electrons. The first-order valence-electron chi connectivity index (χ1n) is 3.48. The lowest BCUT2D eigenvalue weighted by Crippen LogP contribution is -2.41. The molecule has 0 heterocycles. The molecule has 4 heteroatoms. The second kappa shape index (κ2) is 2.74. The van der Waals surface area contributed by atoms with E-state index in [-0.39, 0.29) is 25.2 Å². The molecule has 0 amide bonds. The number of hydrogen-bond acceptors (Lipinski definition) is 2. The van der Waals surface area contributed by atoms with Gasteiger partial charge in [0.2, 0.25) is 5.92 Å². The van der Waals surface area contributed by atoms with Crippen molar-refractivity contribution in [2.45, 2.75) is 31.3 Å². The molecule has 0 aromatic rings. The van der Waals surface area contributed by atoms with Gasteiger partial charge in [-0.1, -0.05) is 0 Å². The van der Waals surface area contributed by atoms with Crippen molar-refractivity contribution in [1.29, 1.82) is 5.26 Å². The van der Waals surface area contributed by atoms with Gasteiger partial charge < -0.3 is 5.11 Å². The van der Waals surface area contributed by atoms with Crippen LogP contribution in [0.4, 0.5) is 8.78 Å². The lowest BCUT2D eigenvalue weighted by atomic mass is 9.77. The maximum Gasteiger partial charge on any atom is 0.248 e. The van der Waals surface area contributed by atoms with E-state index in [1.807, 2.05) is 0 Å². The van der Waals surface area contributed by atoms with Crippen molar-refractivity contribution in [3.8, 4) is 6.07 Å². The first kappa shape index (κ1) is 8.41. The third-order valence-electron chi connectivity index (χ3n) is 1.97. The Kier molecular flexibility index (Phi) is 2.10. The summed E-state index contributed by atoms with van der Waals surface area (Å²) in [7, 11) is 0. The van der Waals surface area contributed by atoms with E-state index in [9.17, 15) is 8.78 Å². The number of rotatable bonds is 2. The second-order valence-electron chi connectivity index (χ2n) is 2.95. The average molecular weight is 161 g/mol. The van der Waals surface area contributed by atoms with Crippen molar-refractivity contribution < 1.29 is 13.9 Å². The highest BCUT2D eigenvalue weighted by Gasteiger charge is 2.47. The molecule has 1 atom stereocenters. The van der Waals surface area contributed by atoms with Crippen LogP contribution in [0.15, 0.2) is 0 Å². The molecule has 0 aromatic carbocycles. The van der Waals surface area contributed by atoms with Gasteiger partial charge in [0, 0.05) is 12.8 Å². The Morgan fingerprint density at radius 3 is 2.55 bits per heavy atom. The summed E-state index contributed by atoms with van der Waals surface area (Å²) >= 11 is 0. The van der Waals surface area contributed by atoms with Crippen LogP contribution in [0, 0.1) is 17.2 Å². The summed E-state index contributed by atoms with van der Waals surface area (Å²) in [5.74, 6) is -2.97. The van der Waals surface area contributed by atoms with Crippen molar-refractivity contribution in [2.24, 2.45) is 5.92 Å². The predicted molar refractivity (Wildman–Crippen MR) is 33.9 cm³/mol. The predicted octanol–water partition coefficient (Wildman–Crippen LogP) is 1.31. The topological polar surface area (TPSA) is 44.0 Å². The second-order valence-corrected chi connectivity index (χ2v) is 2.95. The minimum atomic E-state index is -2.60. The Labute approximate surface area is 63.4 Å². The molecule has 1 rings (SSSR count). The Hall–Kier alpha value is -0.690. The summed E-state index contributed by atoms with van der Waals surface area (Å²) in [5, 5.41) is 17.2. The van der Waals surface area contributed by atoms with Gasteiger partial charge in [-0.2, -0.15) is 5.26 Å². The van der Waals surface area contributed by atoms with Gasteiger partial charge in [0.25, 0.3) is 0 Å². The first-order chi connectivity index (χ1) is 5.05. The average Bonchev–Trinajstić information content (AvgIpc) is 1.83. The lowest BCUT2D eigenvalue weighted by molar-refractivity contribution is -0.140. The molecule has 0 bridgehead atoms. The quantitative estimate of drug-likeness (QED) is 0.663. The molecule has 0 aromatic heterocycles. The fraction of sp³-hybridized carbons (Fsp3) is 0.857. The van der Waals surface area contributed by atoms with Gasteiger partial charge in [-0.25, -0.2) is 8.78 Å². The fourth-order valence-electron chi connectivity index (χ4n) is 1.24. The molecule has 1 saturated carbocycles. The summed E-state index contributed by atoms with van der Waals surface area (Å²) < 4.78 is 24.4. The highest BCUT2D eigenvalue weighted by atomic mass is 19.3. The van der Waals surface area contributed by atoms with Crippen molar-refractivity contribution in [3.63, 3.8) is 0 Å². The molecule has 0 aliphatic heterocycles. The Bertz CT molecular complexity index is 179. The van der Waals surface area contributed by atoms with Crippen LogP contribution in [-0.4, -0.2) is 17.1 Å². The molecular weight excluding hydrogens is 152 g/mol. The van der Waals surface area contributed by atoms with Gasteiger partial charge in [-0.05, 0) is 5.92 Å². The number of aliphatic hydroxyl groups is 1. The number of nitrogens with zero attached hydrogens (tertiary/aromatic N) is 1. The molecule has 1 unspecified atom stereocenters. The molecule has 11 heavy (non-hydrogen) atoms. The van der Waals surface area contributed by atoms with Crippen LogP contribution in [0.25, 0.3) is 0 Å². The minimum Gasteiger partial charge on any atom is -0.392 e. The SMILES string of the molecule is N#CCC(O)C1CC(F)(F)C1. The van der Waals surface area contributed by atoms with Crippen molar-refractivity contribution in [1.82, 2.24) is 0 Å². The van der Waals surface area contributed by atoms with Gasteiger partial charge >= 0.3 is 0 Å². The molecule has 1 fully saturated rings. The molecule has 1 aliphatic carbocycles. The molecule has 0 spiro atoms. The number of hydrogen-bond donors (Lipinski definition) is 1. The number of halogens is 2. The summed E-state index contributed by atoms with van der Waals surface area (Å²) in [6.07, 6.45) is -1.44. The van der Waals surface area contributed by atoms with Gasteiger partial charge in [-0.15, -0.1) is 0 Å². The van der Waals surface area contributed by atoms with E-state index in [4.69, 9.17) is 10.4 Å². The van der Waals surface area contributed by atoms with Crippen molar-refractivity contribution in [2.75, 3.05) is 0 Å². The van der Waals surface area contributed by atoms with Crippen LogP contribution in [0.1, 0.15) is 19.3 Å². The molecule has 2 nitrogen and oxygen atoms in total. The zero-order chi connectivity index (χ0) is 8.48. The molecular formula is C7H9F2NO. The van der Waals surface area contributed by atoms with E-state index in [1.165, 1.54) is 0 Å². The van der Waals surface area contributed by atoms with E-state index >= 15 is 0 Å². The Balaban J connectivity index is 2.27. The zero-order valence-electron chi connectivity index (χ0n) is 5.93. The summed E-state index contributed by atoms with van der Waals surface area (Å²) in [6.45, 7) is 0. The molecule has 1 N–H and O–H groups in total. The highest BCUT2D eigenvalue weighted by molar-refractivity contribution is 4.92. The number of alkyl halides is 2. The van der Waals surface area contributed by atoms with E-state index in [1.54, 1.807) is 6.07 Å². The van der Waals surface area contributed by atoms with Crippen LogP contribution in [0.3, 0.4) is 0 Å². The largest absolute Gasteiger partial charge is 0.392 e. The van der Waals surface area contributed by atoms with Crippen LogP contribution >= 0.6 is 0 Å². The molecule has 1 aliphatic rings. The van der Waals surface area contributed by atoms with E-state index in [2.05, 4.69) is 0 Å². The first-order valence-corrected chi connectivity index (χ1v) is 3.48. The number of aliphatic hydroxyl groups excluding tert-OH is 1. The molecule has 62 valence electrons. The van der Waals surface area contributed by atoms with Gasteiger partial charge in [0.05, 0.1) is 18.6 Å². The van der Waals surface area contributed by atoms with Crippen LogP contribution in [-0.2, 0) is 0 Å². The van der Waals surface area contributed by atoms with E-state index in [0.29, 0.717) is 0 Å². The standard InChI is InChI=1S/C7H9F2NO/c8-7(9)3-5(4-7)6(11)1-2-10/h5-6,11H,1,3-4H2. The summed E-state index contributed by atoms with van der Waals surface area (Å²) in [6, 6.07) is 1.75. The number of nitriles is 1. The molecule has 0 saturated heterocycles. The monoisotopic (exact) mass is 161 g/mol. The van der Waals surface area contributed by atoms with Crippen LogP contribution in [0.5, 0.6) is 0 Å². The van der Waals surface area contributed by atoms with Crippen LogP contribution in [0.2, 0.25) is 0 Å². The third-order valence-corrected chi connectivity index (χ3v) is 1.97. The smallest absolute Gasteiger partial charge is 0.248 e. The van der Waals surface area contributed by atoms with Crippen molar-refractivity contribution >= 4 is 0 Å².